The molecular weight excluding hydrogens is 442 g/mol. The van der Waals surface area contributed by atoms with Crippen LogP contribution in [-0.4, -0.2) is 64.8 Å². The molecule has 1 atom stereocenters. The van der Waals surface area contributed by atoms with Crippen LogP contribution in [0.4, 0.5) is 5.95 Å². The van der Waals surface area contributed by atoms with Crippen molar-refractivity contribution in [2.75, 3.05) is 11.9 Å². The van der Waals surface area contributed by atoms with Gasteiger partial charge in [-0.25, -0.2) is 19.5 Å². The number of anilines is 1. The van der Waals surface area contributed by atoms with Gasteiger partial charge in [-0.1, -0.05) is 11.8 Å². The van der Waals surface area contributed by atoms with E-state index < -0.39 is 5.56 Å². The molecule has 1 saturated carbocycles. The van der Waals surface area contributed by atoms with Crippen LogP contribution in [0.15, 0.2) is 35.8 Å². The molecule has 1 saturated heterocycles. The molecule has 1 aliphatic heterocycles. The smallest absolute Gasteiger partial charge is 0.260 e. The predicted molar refractivity (Wildman–Crippen MR) is 124 cm³/mol. The van der Waals surface area contributed by atoms with Crippen LogP contribution in [0.2, 0.25) is 0 Å². The van der Waals surface area contributed by atoms with Crippen LogP contribution in [0.3, 0.4) is 0 Å². The molecule has 1 amide bonds. The minimum Gasteiger partial charge on any atom is -0.364 e. The maximum Gasteiger partial charge on any atom is 0.260 e. The van der Waals surface area contributed by atoms with E-state index in [0.717, 1.165) is 56.1 Å². The lowest BCUT2D eigenvalue weighted by Gasteiger charge is -2.29. The second kappa shape index (κ2) is 9.81. The Kier molecular flexibility index (Phi) is 6.46. The lowest BCUT2D eigenvalue weighted by molar-refractivity contribution is -0.117. The van der Waals surface area contributed by atoms with Crippen LogP contribution in [-0.2, 0) is 11.2 Å². The molecule has 2 aliphatic rings. The number of rotatable bonds is 7. The van der Waals surface area contributed by atoms with Gasteiger partial charge in [0.2, 0.25) is 5.95 Å². The topological polar surface area (TPSA) is 142 Å². The van der Waals surface area contributed by atoms with Crippen LogP contribution in [0.1, 0.15) is 37.1 Å². The second-order valence-electron chi connectivity index (χ2n) is 8.08. The van der Waals surface area contributed by atoms with Gasteiger partial charge in [0.1, 0.15) is 6.33 Å². The summed E-state index contributed by atoms with van der Waals surface area (Å²) in [5.41, 5.74) is 0.738. The van der Waals surface area contributed by atoms with E-state index in [1.807, 2.05) is 12.3 Å². The number of carbonyl (C=O) groups is 1. The van der Waals surface area contributed by atoms with Gasteiger partial charge in [-0.3, -0.25) is 4.79 Å². The zero-order valence-electron chi connectivity index (χ0n) is 17.9. The molecule has 1 unspecified atom stereocenters. The lowest BCUT2D eigenvalue weighted by Crippen LogP contribution is -2.38. The van der Waals surface area contributed by atoms with E-state index in [1.165, 1.54) is 6.33 Å². The average molecular weight is 468 g/mol. The molecule has 12 heteroatoms. The van der Waals surface area contributed by atoms with Gasteiger partial charge in [-0.15, -0.1) is 0 Å². The zero-order valence-corrected chi connectivity index (χ0v) is 18.7. The number of aromatic nitrogens is 6. The summed E-state index contributed by atoms with van der Waals surface area (Å²) in [6, 6.07) is 4.52. The summed E-state index contributed by atoms with van der Waals surface area (Å²) in [7, 11) is 0. The monoisotopic (exact) mass is 467 g/mol. The van der Waals surface area contributed by atoms with Crippen LogP contribution in [0.25, 0.3) is 11.9 Å². The summed E-state index contributed by atoms with van der Waals surface area (Å²) < 4.78 is 1.66. The molecule has 0 bridgehead atoms. The molecule has 3 aromatic rings. The molecule has 5 rings (SSSR count). The van der Waals surface area contributed by atoms with E-state index in [0.29, 0.717) is 34.4 Å². The number of hydrogen-bond donors (Lipinski definition) is 4. The Hall–Kier alpha value is -3.09. The Balaban J connectivity index is 1.08. The van der Waals surface area contributed by atoms with Crippen molar-refractivity contribution in [3.05, 3.63) is 47.1 Å². The van der Waals surface area contributed by atoms with Crippen LogP contribution < -0.4 is 16.0 Å². The second-order valence-corrected chi connectivity index (χ2v) is 9.20. The first-order valence-electron chi connectivity index (χ1n) is 11.0. The predicted octanol–water partition coefficient (Wildman–Crippen LogP) is 0.949. The highest BCUT2D eigenvalue weighted by molar-refractivity contribution is 8.05. The van der Waals surface area contributed by atoms with E-state index in [-0.39, 0.29) is 5.91 Å². The first-order valence-corrected chi connectivity index (χ1v) is 11.9. The number of hydrogen-bond acceptors (Lipinski definition) is 10. The first kappa shape index (κ1) is 21.7. The van der Waals surface area contributed by atoms with Crippen LogP contribution >= 0.6 is 11.8 Å². The minimum absolute atomic E-state index is 0.290. The minimum atomic E-state index is -0.902. The average Bonchev–Trinajstić information content (AvgIpc) is 3.40. The third-order valence-corrected chi connectivity index (χ3v) is 6.65. The number of aliphatic hydroxyl groups is 1. The van der Waals surface area contributed by atoms with Gasteiger partial charge in [0, 0.05) is 43.1 Å². The number of nitrogens with zero attached hydrogens (tertiary/aromatic N) is 6. The number of nitrogens with one attached hydrogen (secondary N) is 3. The summed E-state index contributed by atoms with van der Waals surface area (Å²) in [4.78, 5) is 29.7. The first-order chi connectivity index (χ1) is 16.1. The Morgan fingerprint density at radius 1 is 1.18 bits per heavy atom. The molecule has 4 heterocycles. The van der Waals surface area contributed by atoms with E-state index in [2.05, 4.69) is 41.0 Å². The van der Waals surface area contributed by atoms with Crippen molar-refractivity contribution in [1.29, 1.82) is 0 Å². The van der Waals surface area contributed by atoms with Crippen LogP contribution in [0.5, 0.6) is 0 Å². The fourth-order valence-electron chi connectivity index (χ4n) is 4.06. The van der Waals surface area contributed by atoms with Crippen molar-refractivity contribution in [2.24, 2.45) is 0 Å². The molecule has 0 spiro atoms. The Bertz CT molecular complexity index is 1160. The third kappa shape index (κ3) is 5.46. The van der Waals surface area contributed by atoms with Crippen LogP contribution in [0, 0.1) is 0 Å². The number of thioether (sulfide) groups is 1. The lowest BCUT2D eigenvalue weighted by atomic mass is 9.91. The van der Waals surface area contributed by atoms with Crippen molar-refractivity contribution < 1.29 is 9.90 Å². The van der Waals surface area contributed by atoms with E-state index in [1.54, 1.807) is 22.9 Å². The quantitative estimate of drug-likeness (QED) is 0.371. The van der Waals surface area contributed by atoms with Gasteiger partial charge in [-0.05, 0) is 43.9 Å². The van der Waals surface area contributed by atoms with Gasteiger partial charge >= 0.3 is 0 Å². The van der Waals surface area contributed by atoms with Gasteiger partial charge in [0.05, 0.1) is 10.6 Å². The number of carbonyl (C=O) groups excluding carboxylic acids is 1. The largest absolute Gasteiger partial charge is 0.364 e. The summed E-state index contributed by atoms with van der Waals surface area (Å²) in [6.45, 7) is 0.875. The molecule has 11 nitrogen and oxygen atoms in total. The zero-order chi connectivity index (χ0) is 22.6. The van der Waals surface area contributed by atoms with Crippen molar-refractivity contribution in [3.8, 4) is 0 Å². The molecule has 3 aromatic heterocycles. The van der Waals surface area contributed by atoms with E-state index >= 15 is 0 Å². The summed E-state index contributed by atoms with van der Waals surface area (Å²) in [5, 5.41) is 23.1. The molecule has 0 aromatic carbocycles. The van der Waals surface area contributed by atoms with Gasteiger partial charge in [0.15, 0.2) is 5.56 Å². The van der Waals surface area contributed by atoms with Crippen molar-refractivity contribution in [1.82, 2.24) is 40.2 Å². The molecule has 172 valence electrons. The Morgan fingerprint density at radius 3 is 2.85 bits per heavy atom. The maximum atomic E-state index is 11.8. The van der Waals surface area contributed by atoms with Crippen molar-refractivity contribution in [3.63, 3.8) is 0 Å². The molecule has 4 N–H and O–H groups in total. The summed E-state index contributed by atoms with van der Waals surface area (Å²) in [6.07, 6.45) is 11.8. The van der Waals surface area contributed by atoms with Crippen molar-refractivity contribution >= 4 is 35.5 Å². The molecule has 2 fully saturated rings. The molecular formula is C21H25N9O2S. The highest BCUT2D eigenvalue weighted by Crippen LogP contribution is 2.27. The van der Waals surface area contributed by atoms with Gasteiger partial charge in [-0.2, -0.15) is 10.1 Å². The third-order valence-electron chi connectivity index (χ3n) is 5.75. The Labute approximate surface area is 194 Å². The highest BCUT2D eigenvalue weighted by Gasteiger charge is 2.25. The number of fused-ring (bicyclic) bond motifs is 1. The normalized spacial score (nSPS) is 24.3. The Morgan fingerprint density at radius 2 is 2.03 bits per heavy atom. The molecule has 0 radical (unpaired) electrons. The summed E-state index contributed by atoms with van der Waals surface area (Å²) >= 11 is 1.07. The van der Waals surface area contributed by atoms with E-state index in [4.69, 9.17) is 0 Å². The van der Waals surface area contributed by atoms with Crippen molar-refractivity contribution in [2.45, 2.75) is 49.7 Å². The fraction of sp³-hybridized carbons (Fsp3) is 0.429. The molecule has 1 aliphatic carbocycles. The SMILES string of the molecule is O=C1NC(O)S/C1=C\c1ccnc(N[C@H]2CC[C@H](NCCc3ccn4ncnc4n3)CC2)n1. The fourth-order valence-corrected chi connectivity index (χ4v) is 4.82. The highest BCUT2D eigenvalue weighted by atomic mass is 32.2. The van der Waals surface area contributed by atoms with Gasteiger partial charge < -0.3 is 21.1 Å². The number of amides is 1. The standard InChI is InChI=1S/C21H25N9O2S/c31-18-17(33-21(32)29-18)11-16-6-9-23-19(27-16)26-14-3-1-13(2-4-14)22-8-5-15-7-10-30-20(28-15)24-12-25-30/h6-7,9-14,21-22,32H,1-5,8H2,(H,29,31)(H,23,26,27)/b17-11-/t13-,14-,21?. The van der Waals surface area contributed by atoms with E-state index in [9.17, 15) is 9.90 Å². The number of aliphatic hydroxyl groups excluding tert-OH is 1. The maximum absolute atomic E-state index is 11.8. The molecule has 33 heavy (non-hydrogen) atoms. The summed E-state index contributed by atoms with van der Waals surface area (Å²) in [5.74, 6) is 0.894. The van der Waals surface area contributed by atoms with Gasteiger partial charge in [0.25, 0.3) is 11.7 Å².